The van der Waals surface area contributed by atoms with E-state index in [2.05, 4.69) is 10.3 Å². The van der Waals surface area contributed by atoms with Gasteiger partial charge in [-0.25, -0.2) is 4.98 Å². The van der Waals surface area contributed by atoms with Gasteiger partial charge in [0.15, 0.2) is 0 Å². The van der Waals surface area contributed by atoms with Gasteiger partial charge < -0.3 is 15.0 Å². The molecule has 1 aromatic heterocycles. The lowest BCUT2D eigenvalue weighted by Gasteiger charge is -2.17. The summed E-state index contributed by atoms with van der Waals surface area (Å²) < 4.78 is 5.76. The van der Waals surface area contributed by atoms with E-state index in [0.29, 0.717) is 17.9 Å². The minimum Gasteiger partial charge on any atom is -0.487 e. The molecule has 26 heavy (non-hydrogen) atoms. The zero-order valence-corrected chi connectivity index (χ0v) is 15.8. The summed E-state index contributed by atoms with van der Waals surface area (Å²) in [5, 5.41) is 5.95. The van der Waals surface area contributed by atoms with Crippen molar-refractivity contribution in [2.45, 2.75) is 13.5 Å². The van der Waals surface area contributed by atoms with Gasteiger partial charge in [0.1, 0.15) is 12.4 Å². The summed E-state index contributed by atoms with van der Waals surface area (Å²) in [5.74, 6) is 0.471. The van der Waals surface area contributed by atoms with E-state index in [9.17, 15) is 4.79 Å². The number of benzene rings is 2. The Morgan fingerprint density at radius 3 is 2.73 bits per heavy atom. The third-order valence-electron chi connectivity index (χ3n) is 3.78. The van der Waals surface area contributed by atoms with Crippen molar-refractivity contribution in [3.63, 3.8) is 0 Å². The minimum atomic E-state index is -0.172. The summed E-state index contributed by atoms with van der Waals surface area (Å²) >= 11 is 1.59. The summed E-state index contributed by atoms with van der Waals surface area (Å²) in [6.45, 7) is 2.35. The highest BCUT2D eigenvalue weighted by Gasteiger charge is 2.11. The molecule has 0 fully saturated rings. The number of hydrogen-bond acceptors (Lipinski definition) is 5. The van der Waals surface area contributed by atoms with E-state index in [1.165, 1.54) is 0 Å². The summed E-state index contributed by atoms with van der Waals surface area (Å²) in [7, 11) is 3.89. The molecule has 0 aliphatic rings. The van der Waals surface area contributed by atoms with Crippen LogP contribution in [0.1, 0.15) is 21.1 Å². The molecule has 0 bridgehead atoms. The molecule has 0 unspecified atom stereocenters. The molecule has 1 heterocycles. The fourth-order valence-electron chi connectivity index (χ4n) is 2.52. The van der Waals surface area contributed by atoms with Crippen molar-refractivity contribution in [1.29, 1.82) is 0 Å². The van der Waals surface area contributed by atoms with Crippen LogP contribution < -0.4 is 15.0 Å². The predicted molar refractivity (Wildman–Crippen MR) is 106 cm³/mol. The van der Waals surface area contributed by atoms with Gasteiger partial charge in [-0.2, -0.15) is 0 Å². The van der Waals surface area contributed by atoms with Gasteiger partial charge in [-0.05, 0) is 37.3 Å². The Bertz CT molecular complexity index is 905. The van der Waals surface area contributed by atoms with E-state index < -0.39 is 0 Å². The Balaban J connectivity index is 1.70. The number of amides is 1. The minimum absolute atomic E-state index is 0.172. The average molecular weight is 367 g/mol. The largest absolute Gasteiger partial charge is 0.487 e. The van der Waals surface area contributed by atoms with E-state index in [0.717, 1.165) is 22.1 Å². The Kier molecular flexibility index (Phi) is 5.53. The highest BCUT2D eigenvalue weighted by atomic mass is 32.1. The zero-order valence-electron chi connectivity index (χ0n) is 15.0. The van der Waals surface area contributed by atoms with Gasteiger partial charge >= 0.3 is 0 Å². The topological polar surface area (TPSA) is 54.5 Å². The third kappa shape index (κ3) is 4.40. The Hall–Kier alpha value is -2.86. The first-order chi connectivity index (χ1) is 12.5. The molecular weight excluding hydrogens is 346 g/mol. The number of aromatic nitrogens is 1. The van der Waals surface area contributed by atoms with E-state index in [-0.39, 0.29) is 5.91 Å². The molecule has 0 saturated carbocycles. The van der Waals surface area contributed by atoms with Gasteiger partial charge in [-0.15, -0.1) is 11.3 Å². The summed E-state index contributed by atoms with van der Waals surface area (Å²) in [5.41, 5.74) is 3.16. The second-order valence-corrected chi connectivity index (χ2v) is 7.10. The first-order valence-electron chi connectivity index (χ1n) is 8.24. The Morgan fingerprint density at radius 2 is 2.00 bits per heavy atom. The quantitative estimate of drug-likeness (QED) is 0.704. The number of nitrogens with one attached hydrogen (secondary N) is 1. The number of para-hydroxylation sites is 2. The zero-order chi connectivity index (χ0) is 18.5. The SMILES string of the molecule is Cc1nc(COc2cccc(C(=O)Nc3ccccc3N(C)C)c2)cs1. The highest BCUT2D eigenvalue weighted by Crippen LogP contribution is 2.24. The number of anilines is 2. The first-order valence-corrected chi connectivity index (χ1v) is 9.12. The number of hydrogen-bond donors (Lipinski definition) is 1. The highest BCUT2D eigenvalue weighted by molar-refractivity contribution is 7.09. The van der Waals surface area contributed by atoms with Crippen LogP contribution in [-0.2, 0) is 6.61 Å². The summed E-state index contributed by atoms with van der Waals surface area (Å²) in [4.78, 5) is 19.0. The molecule has 0 spiro atoms. The van der Waals surface area contributed by atoms with Crippen LogP contribution in [0, 0.1) is 6.92 Å². The lowest BCUT2D eigenvalue weighted by Crippen LogP contribution is -2.16. The molecule has 0 atom stereocenters. The van der Waals surface area contributed by atoms with Gasteiger partial charge in [0.25, 0.3) is 5.91 Å². The maximum atomic E-state index is 12.6. The van der Waals surface area contributed by atoms with Crippen molar-refractivity contribution in [2.75, 3.05) is 24.3 Å². The smallest absolute Gasteiger partial charge is 0.255 e. The van der Waals surface area contributed by atoms with Gasteiger partial charge in [0.2, 0.25) is 0 Å². The predicted octanol–water partition coefficient (Wildman–Crippen LogP) is 4.35. The summed E-state index contributed by atoms with van der Waals surface area (Å²) in [6.07, 6.45) is 0. The van der Waals surface area contributed by atoms with Crippen LogP contribution >= 0.6 is 11.3 Å². The van der Waals surface area contributed by atoms with E-state index in [4.69, 9.17) is 4.74 Å². The summed E-state index contributed by atoms with van der Waals surface area (Å²) in [6, 6.07) is 14.9. The van der Waals surface area contributed by atoms with Crippen molar-refractivity contribution in [2.24, 2.45) is 0 Å². The van der Waals surface area contributed by atoms with Crippen molar-refractivity contribution in [1.82, 2.24) is 4.98 Å². The molecular formula is C20H21N3O2S. The standard InChI is InChI=1S/C20H21N3O2S/c1-14-21-16(13-26-14)12-25-17-8-6-7-15(11-17)20(24)22-18-9-4-5-10-19(18)23(2)3/h4-11,13H,12H2,1-3H3,(H,22,24). The number of carbonyl (C=O) groups is 1. The lowest BCUT2D eigenvalue weighted by atomic mass is 10.2. The van der Waals surface area contributed by atoms with E-state index in [1.807, 2.05) is 67.7 Å². The van der Waals surface area contributed by atoms with E-state index in [1.54, 1.807) is 23.5 Å². The lowest BCUT2D eigenvalue weighted by molar-refractivity contribution is 0.102. The molecule has 2 aromatic carbocycles. The second kappa shape index (κ2) is 8.01. The normalized spacial score (nSPS) is 10.4. The molecule has 0 saturated heterocycles. The van der Waals surface area contributed by atoms with Crippen LogP contribution in [0.5, 0.6) is 5.75 Å². The van der Waals surface area contributed by atoms with Gasteiger partial charge in [-0.1, -0.05) is 18.2 Å². The fourth-order valence-corrected chi connectivity index (χ4v) is 3.12. The number of aryl methyl sites for hydroxylation is 1. The molecule has 5 nitrogen and oxygen atoms in total. The molecule has 134 valence electrons. The number of thiazole rings is 1. The maximum Gasteiger partial charge on any atom is 0.255 e. The first kappa shape index (κ1) is 17.9. The van der Waals surface area contributed by atoms with Crippen LogP contribution in [0.4, 0.5) is 11.4 Å². The van der Waals surface area contributed by atoms with Crippen molar-refractivity contribution >= 4 is 28.6 Å². The number of ether oxygens (including phenoxy) is 1. The third-order valence-corrected chi connectivity index (χ3v) is 4.61. The van der Waals surface area contributed by atoms with Crippen molar-refractivity contribution < 1.29 is 9.53 Å². The van der Waals surface area contributed by atoms with Crippen LogP contribution in [0.3, 0.4) is 0 Å². The van der Waals surface area contributed by atoms with Crippen LogP contribution in [0.15, 0.2) is 53.9 Å². The molecule has 6 heteroatoms. The Morgan fingerprint density at radius 1 is 1.19 bits per heavy atom. The van der Waals surface area contributed by atoms with Crippen LogP contribution in [-0.4, -0.2) is 25.0 Å². The second-order valence-electron chi connectivity index (χ2n) is 6.04. The fraction of sp³-hybridized carbons (Fsp3) is 0.200. The van der Waals surface area contributed by atoms with Gasteiger partial charge in [-0.3, -0.25) is 4.79 Å². The molecule has 1 amide bonds. The molecule has 0 radical (unpaired) electrons. The maximum absolute atomic E-state index is 12.6. The van der Waals surface area contributed by atoms with Crippen LogP contribution in [0.25, 0.3) is 0 Å². The number of nitrogens with zero attached hydrogens (tertiary/aromatic N) is 2. The molecule has 3 rings (SSSR count). The van der Waals surface area contributed by atoms with Crippen molar-refractivity contribution in [3.05, 3.63) is 70.2 Å². The molecule has 0 aliphatic carbocycles. The molecule has 3 aromatic rings. The Labute approximate surface area is 157 Å². The van der Waals surface area contributed by atoms with Gasteiger partial charge in [0, 0.05) is 25.0 Å². The molecule has 0 aliphatic heterocycles. The number of rotatable bonds is 6. The van der Waals surface area contributed by atoms with Gasteiger partial charge in [0.05, 0.1) is 22.1 Å². The molecule has 1 N–H and O–H groups in total. The monoisotopic (exact) mass is 367 g/mol. The van der Waals surface area contributed by atoms with E-state index >= 15 is 0 Å². The van der Waals surface area contributed by atoms with Crippen LogP contribution in [0.2, 0.25) is 0 Å². The van der Waals surface area contributed by atoms with Crippen molar-refractivity contribution in [3.8, 4) is 5.75 Å². The number of carbonyl (C=O) groups excluding carboxylic acids is 1. The average Bonchev–Trinajstić information content (AvgIpc) is 3.06.